The van der Waals surface area contributed by atoms with Gasteiger partial charge in [-0.3, -0.25) is 4.79 Å². The van der Waals surface area contributed by atoms with Gasteiger partial charge in [0.05, 0.1) is 0 Å². The molecule has 2 aromatic rings. The molecule has 4 nitrogen and oxygen atoms in total. The highest BCUT2D eigenvalue weighted by atomic mass is 16.2. The largest absolute Gasteiger partial charge is 0.343 e. The van der Waals surface area contributed by atoms with Crippen LogP contribution in [0.2, 0.25) is 0 Å². The molecule has 3 rings (SSSR count). The average molecular weight is 366 g/mol. The Labute approximate surface area is 162 Å². The van der Waals surface area contributed by atoms with Crippen LogP contribution >= 0.6 is 0 Å². The van der Waals surface area contributed by atoms with Crippen molar-refractivity contribution in [3.63, 3.8) is 0 Å². The van der Waals surface area contributed by atoms with E-state index in [2.05, 4.69) is 53.8 Å². The summed E-state index contributed by atoms with van der Waals surface area (Å²) in [6.07, 6.45) is 3.11. The van der Waals surface area contributed by atoms with Crippen molar-refractivity contribution in [2.24, 2.45) is 11.7 Å². The Morgan fingerprint density at radius 1 is 1.11 bits per heavy atom. The molecule has 4 heteroatoms. The molecular formula is C23H31N3O. The van der Waals surface area contributed by atoms with Crippen LogP contribution in [0.5, 0.6) is 0 Å². The molecule has 0 aromatic heterocycles. The summed E-state index contributed by atoms with van der Waals surface area (Å²) in [6, 6.07) is 19.0. The van der Waals surface area contributed by atoms with E-state index in [1.807, 2.05) is 11.0 Å². The molecule has 27 heavy (non-hydrogen) atoms. The summed E-state index contributed by atoms with van der Waals surface area (Å²) in [4.78, 5) is 13.3. The van der Waals surface area contributed by atoms with Gasteiger partial charge in [-0.15, -0.1) is 0 Å². The van der Waals surface area contributed by atoms with E-state index in [9.17, 15) is 4.79 Å². The third-order valence-electron chi connectivity index (χ3n) is 5.55. The smallest absolute Gasteiger partial charge is 0.219 e. The fourth-order valence-corrected chi connectivity index (χ4v) is 3.76. The minimum atomic E-state index is 0.0423. The lowest BCUT2D eigenvalue weighted by molar-refractivity contribution is -0.130. The van der Waals surface area contributed by atoms with Crippen molar-refractivity contribution in [2.45, 2.75) is 32.2 Å². The summed E-state index contributed by atoms with van der Waals surface area (Å²) in [6.45, 7) is 5.39. The van der Waals surface area contributed by atoms with Gasteiger partial charge in [0.15, 0.2) is 0 Å². The van der Waals surface area contributed by atoms with Gasteiger partial charge in [0.25, 0.3) is 0 Å². The second-order valence-electron chi connectivity index (χ2n) is 7.54. The number of likely N-dealkylation sites (tertiary alicyclic amines) is 1. The Morgan fingerprint density at radius 2 is 1.81 bits per heavy atom. The predicted octanol–water partition coefficient (Wildman–Crippen LogP) is 3.59. The van der Waals surface area contributed by atoms with Crippen molar-refractivity contribution in [3.8, 4) is 11.1 Å². The summed E-state index contributed by atoms with van der Waals surface area (Å²) >= 11 is 0. The number of nitrogens with two attached hydrogens (primary N) is 1. The maximum absolute atomic E-state index is 11.4. The van der Waals surface area contributed by atoms with E-state index in [1.165, 1.54) is 16.7 Å². The van der Waals surface area contributed by atoms with Gasteiger partial charge < -0.3 is 16.0 Å². The number of nitrogens with one attached hydrogen (secondary N) is 1. The van der Waals surface area contributed by atoms with Crippen LogP contribution < -0.4 is 11.1 Å². The standard InChI is InChI=1S/C23H31N3O/c1-18(27)26-14-11-19(12-15-26)17-25-13-10-23(24)22-9-5-8-21(16-22)20-6-3-2-4-7-20/h2-9,16,19,23,25H,10-15,17,24H2,1H3. The van der Waals surface area contributed by atoms with Gasteiger partial charge >= 0.3 is 0 Å². The van der Waals surface area contributed by atoms with Crippen molar-refractivity contribution in [1.29, 1.82) is 0 Å². The first kappa shape index (κ1) is 19.6. The molecule has 1 saturated heterocycles. The Balaban J connectivity index is 1.42. The molecule has 0 radical (unpaired) electrons. The highest BCUT2D eigenvalue weighted by Gasteiger charge is 2.20. The van der Waals surface area contributed by atoms with E-state index in [0.717, 1.165) is 45.4 Å². The fraction of sp³-hybridized carbons (Fsp3) is 0.435. The molecule has 2 aromatic carbocycles. The number of hydrogen-bond donors (Lipinski definition) is 2. The topological polar surface area (TPSA) is 58.4 Å². The van der Waals surface area contributed by atoms with E-state index in [-0.39, 0.29) is 11.9 Å². The summed E-state index contributed by atoms with van der Waals surface area (Å²) < 4.78 is 0. The predicted molar refractivity (Wildman–Crippen MR) is 111 cm³/mol. The molecule has 1 atom stereocenters. The Hall–Kier alpha value is -2.17. The summed E-state index contributed by atoms with van der Waals surface area (Å²) in [7, 11) is 0. The molecule has 3 N–H and O–H groups in total. The lowest BCUT2D eigenvalue weighted by atomic mass is 9.96. The summed E-state index contributed by atoms with van der Waals surface area (Å²) in [5.74, 6) is 0.864. The van der Waals surface area contributed by atoms with Gasteiger partial charge in [0, 0.05) is 26.1 Å². The van der Waals surface area contributed by atoms with Gasteiger partial charge in [-0.25, -0.2) is 0 Å². The van der Waals surface area contributed by atoms with Crippen molar-refractivity contribution >= 4 is 5.91 Å². The zero-order chi connectivity index (χ0) is 19.1. The Morgan fingerprint density at radius 3 is 2.52 bits per heavy atom. The summed E-state index contributed by atoms with van der Waals surface area (Å²) in [5, 5.41) is 3.56. The molecule has 144 valence electrons. The highest BCUT2D eigenvalue weighted by Crippen LogP contribution is 2.23. The number of piperidine rings is 1. The first-order valence-corrected chi connectivity index (χ1v) is 10.0. The number of rotatable bonds is 7. The van der Waals surface area contributed by atoms with Crippen molar-refractivity contribution in [3.05, 3.63) is 60.2 Å². The molecule has 1 aliphatic rings. The van der Waals surface area contributed by atoms with Crippen molar-refractivity contribution in [2.75, 3.05) is 26.2 Å². The molecule has 0 spiro atoms. The van der Waals surface area contributed by atoms with Gasteiger partial charge in [-0.05, 0) is 61.0 Å². The van der Waals surface area contributed by atoms with Crippen LogP contribution in [0.3, 0.4) is 0 Å². The minimum absolute atomic E-state index is 0.0423. The molecule has 1 aliphatic heterocycles. The maximum atomic E-state index is 11.4. The van der Waals surface area contributed by atoms with E-state index in [0.29, 0.717) is 5.92 Å². The number of carbonyl (C=O) groups is 1. The van der Waals surface area contributed by atoms with E-state index < -0.39 is 0 Å². The normalized spacial score (nSPS) is 16.3. The minimum Gasteiger partial charge on any atom is -0.343 e. The Kier molecular flexibility index (Phi) is 7.02. The first-order valence-electron chi connectivity index (χ1n) is 10.0. The first-order chi connectivity index (χ1) is 13.1. The van der Waals surface area contributed by atoms with Gasteiger partial charge in [0.2, 0.25) is 5.91 Å². The van der Waals surface area contributed by atoms with Crippen LogP contribution in [0.25, 0.3) is 11.1 Å². The Bertz CT molecular complexity index is 723. The fourth-order valence-electron chi connectivity index (χ4n) is 3.76. The van der Waals surface area contributed by atoms with Crippen LogP contribution in [0.4, 0.5) is 0 Å². The number of carbonyl (C=O) groups excluding carboxylic acids is 1. The second-order valence-corrected chi connectivity index (χ2v) is 7.54. The molecule has 1 amide bonds. The number of amides is 1. The molecule has 1 unspecified atom stereocenters. The van der Waals surface area contributed by atoms with Crippen molar-refractivity contribution < 1.29 is 4.79 Å². The van der Waals surface area contributed by atoms with Crippen LogP contribution in [0.1, 0.15) is 37.8 Å². The van der Waals surface area contributed by atoms with Crippen LogP contribution in [0, 0.1) is 5.92 Å². The van der Waals surface area contributed by atoms with E-state index in [4.69, 9.17) is 5.73 Å². The molecule has 1 fully saturated rings. The van der Waals surface area contributed by atoms with E-state index >= 15 is 0 Å². The third-order valence-corrected chi connectivity index (χ3v) is 5.55. The second kappa shape index (κ2) is 9.67. The number of hydrogen-bond acceptors (Lipinski definition) is 3. The number of benzene rings is 2. The average Bonchev–Trinajstić information content (AvgIpc) is 2.72. The van der Waals surface area contributed by atoms with Gasteiger partial charge in [0.1, 0.15) is 0 Å². The molecule has 0 bridgehead atoms. The monoisotopic (exact) mass is 365 g/mol. The highest BCUT2D eigenvalue weighted by molar-refractivity contribution is 5.73. The molecule has 0 saturated carbocycles. The number of nitrogens with zero attached hydrogens (tertiary/aromatic N) is 1. The van der Waals surface area contributed by atoms with Crippen LogP contribution in [0.15, 0.2) is 54.6 Å². The molecule has 0 aliphatic carbocycles. The van der Waals surface area contributed by atoms with Gasteiger partial charge in [-0.2, -0.15) is 0 Å². The third kappa shape index (κ3) is 5.65. The van der Waals surface area contributed by atoms with Crippen LogP contribution in [-0.2, 0) is 4.79 Å². The lowest BCUT2D eigenvalue weighted by Gasteiger charge is -2.31. The quantitative estimate of drug-likeness (QED) is 0.737. The molecule has 1 heterocycles. The van der Waals surface area contributed by atoms with Crippen molar-refractivity contribution in [1.82, 2.24) is 10.2 Å². The zero-order valence-corrected chi connectivity index (χ0v) is 16.2. The van der Waals surface area contributed by atoms with Gasteiger partial charge in [-0.1, -0.05) is 48.5 Å². The van der Waals surface area contributed by atoms with Crippen LogP contribution in [-0.4, -0.2) is 37.0 Å². The maximum Gasteiger partial charge on any atom is 0.219 e. The zero-order valence-electron chi connectivity index (χ0n) is 16.2. The molecular weight excluding hydrogens is 334 g/mol. The van der Waals surface area contributed by atoms with E-state index in [1.54, 1.807) is 6.92 Å². The summed E-state index contributed by atoms with van der Waals surface area (Å²) in [5.41, 5.74) is 10.1. The SMILES string of the molecule is CC(=O)N1CCC(CNCCC(N)c2cccc(-c3ccccc3)c2)CC1. The lowest BCUT2D eigenvalue weighted by Crippen LogP contribution is -2.39.